The summed E-state index contributed by atoms with van der Waals surface area (Å²) in [5.41, 5.74) is 2.47. The summed E-state index contributed by atoms with van der Waals surface area (Å²) in [5, 5.41) is 0. The second-order valence-corrected chi connectivity index (χ2v) is 9.63. The van der Waals surface area contributed by atoms with Crippen molar-refractivity contribution >= 4 is 8.07 Å². The molecular weight excluding hydrogens is 155 g/mol. The van der Waals surface area contributed by atoms with Gasteiger partial charge in [0.05, 0.1) is 0 Å². The molecule has 0 N–H and O–H groups in total. The SMILES string of the molecule is C[Si](C)(C)/C=C/[C-]1CCCC1.[Li+]. The van der Waals surface area contributed by atoms with Crippen LogP contribution in [-0.4, -0.2) is 8.07 Å². The fraction of sp³-hybridized carbons (Fsp3) is 0.700. The van der Waals surface area contributed by atoms with E-state index in [-0.39, 0.29) is 18.9 Å². The van der Waals surface area contributed by atoms with E-state index in [9.17, 15) is 0 Å². The molecule has 0 heterocycles. The number of allylic oxidation sites excluding steroid dienone is 1. The van der Waals surface area contributed by atoms with E-state index in [1.165, 1.54) is 25.7 Å². The molecule has 0 nitrogen and oxygen atoms in total. The average Bonchev–Trinajstić information content (AvgIpc) is 2.32. The second-order valence-electron chi connectivity index (χ2n) is 4.56. The van der Waals surface area contributed by atoms with E-state index in [2.05, 4.69) is 31.4 Å². The molecule has 1 saturated carbocycles. The van der Waals surface area contributed by atoms with Gasteiger partial charge in [0, 0.05) is 0 Å². The molecule has 0 aromatic carbocycles. The summed E-state index contributed by atoms with van der Waals surface area (Å²) in [4.78, 5) is 0. The van der Waals surface area contributed by atoms with E-state index >= 15 is 0 Å². The molecule has 2 heteroatoms. The van der Waals surface area contributed by atoms with Gasteiger partial charge in [-0.1, -0.05) is 45.3 Å². The Kier molecular flexibility index (Phi) is 5.40. The van der Waals surface area contributed by atoms with Gasteiger partial charge in [0.15, 0.2) is 0 Å². The molecule has 0 amide bonds. The van der Waals surface area contributed by atoms with Gasteiger partial charge in [0.2, 0.25) is 0 Å². The molecule has 0 aromatic rings. The van der Waals surface area contributed by atoms with Crippen LogP contribution in [0.1, 0.15) is 25.7 Å². The summed E-state index contributed by atoms with van der Waals surface area (Å²) in [6, 6.07) is 0. The zero-order valence-electron chi connectivity index (χ0n) is 8.98. The summed E-state index contributed by atoms with van der Waals surface area (Å²) in [7, 11) is -0.926. The van der Waals surface area contributed by atoms with Crippen molar-refractivity contribution in [1.82, 2.24) is 0 Å². The predicted octanol–water partition coefficient (Wildman–Crippen LogP) is 0.572. The molecule has 0 radical (unpaired) electrons. The van der Waals surface area contributed by atoms with Gasteiger partial charge in [-0.15, -0.1) is 0 Å². The monoisotopic (exact) mass is 174 g/mol. The van der Waals surface area contributed by atoms with Gasteiger partial charge in [-0.3, -0.25) is 0 Å². The molecule has 0 bridgehead atoms. The third-order valence-corrected chi connectivity index (χ3v) is 3.23. The quantitative estimate of drug-likeness (QED) is 0.424. The third kappa shape index (κ3) is 5.14. The van der Waals surface area contributed by atoms with Crippen molar-refractivity contribution < 1.29 is 18.9 Å². The van der Waals surface area contributed by atoms with E-state index in [1.807, 2.05) is 0 Å². The molecule has 0 unspecified atom stereocenters. The summed E-state index contributed by atoms with van der Waals surface area (Å²) in [5.74, 6) is 1.69. The Labute approximate surface area is 90.0 Å². The molecule has 0 atom stereocenters. The smallest absolute Gasteiger partial charge is 0.233 e. The minimum atomic E-state index is -0.926. The summed E-state index contributed by atoms with van der Waals surface area (Å²) < 4.78 is 0. The maximum absolute atomic E-state index is 2.47. The van der Waals surface area contributed by atoms with Crippen LogP contribution in [0.25, 0.3) is 0 Å². The Morgan fingerprint density at radius 3 is 2.00 bits per heavy atom. The maximum Gasteiger partial charge on any atom is 1.00 e. The first-order chi connectivity index (χ1) is 5.08. The molecular formula is C10H19LiSi. The zero-order valence-corrected chi connectivity index (χ0v) is 9.98. The van der Waals surface area contributed by atoms with E-state index in [0.29, 0.717) is 0 Å². The molecule has 1 rings (SSSR count). The van der Waals surface area contributed by atoms with Crippen molar-refractivity contribution in [2.24, 2.45) is 0 Å². The first kappa shape index (κ1) is 12.4. The van der Waals surface area contributed by atoms with Gasteiger partial charge in [-0.25, -0.2) is 17.7 Å². The van der Waals surface area contributed by atoms with Crippen molar-refractivity contribution in [2.45, 2.75) is 45.3 Å². The van der Waals surface area contributed by atoms with Gasteiger partial charge < -0.3 is 0 Å². The van der Waals surface area contributed by atoms with Gasteiger partial charge in [0.1, 0.15) is 0 Å². The van der Waals surface area contributed by atoms with Crippen LogP contribution >= 0.6 is 0 Å². The van der Waals surface area contributed by atoms with Crippen LogP contribution in [0, 0.1) is 5.92 Å². The van der Waals surface area contributed by atoms with Crippen molar-refractivity contribution in [2.75, 3.05) is 0 Å². The molecule has 1 aliphatic carbocycles. The second kappa shape index (κ2) is 5.22. The molecule has 1 aliphatic rings. The predicted molar refractivity (Wildman–Crippen MR) is 54.2 cm³/mol. The van der Waals surface area contributed by atoms with Crippen molar-refractivity contribution in [3.8, 4) is 0 Å². The standard InChI is InChI=1S/C10H19Si.Li/c1-11(2,3)9-8-10-6-4-5-7-10;/h8-9H,4-7H2,1-3H3;/q-1;+1/b9-8+;. The van der Waals surface area contributed by atoms with Crippen LogP contribution in [0.2, 0.25) is 19.6 Å². The van der Waals surface area contributed by atoms with Crippen LogP contribution < -0.4 is 18.9 Å². The van der Waals surface area contributed by atoms with Crippen LogP contribution in [0.4, 0.5) is 0 Å². The summed E-state index contributed by atoms with van der Waals surface area (Å²) in [6.07, 6.45) is 7.97. The molecule has 1 fully saturated rings. The Bertz CT molecular complexity index is 140. The third-order valence-electron chi connectivity index (χ3n) is 2.06. The largest absolute Gasteiger partial charge is 1.00 e. The molecule has 12 heavy (non-hydrogen) atoms. The topological polar surface area (TPSA) is 0 Å². The number of hydrogen-bond donors (Lipinski definition) is 0. The maximum atomic E-state index is 2.47. The normalized spacial score (nSPS) is 18.4. The summed E-state index contributed by atoms with van der Waals surface area (Å²) in [6.45, 7) is 7.16. The number of hydrogen-bond acceptors (Lipinski definition) is 0. The van der Waals surface area contributed by atoms with E-state index in [0.717, 1.165) is 0 Å². The van der Waals surface area contributed by atoms with Gasteiger partial charge in [0.25, 0.3) is 0 Å². The van der Waals surface area contributed by atoms with Gasteiger partial charge in [-0.2, -0.15) is 0 Å². The molecule has 64 valence electrons. The Morgan fingerprint density at radius 1 is 1.08 bits per heavy atom. The number of rotatable bonds is 2. The molecule has 0 aliphatic heterocycles. The average molecular weight is 174 g/mol. The van der Waals surface area contributed by atoms with E-state index < -0.39 is 8.07 Å². The van der Waals surface area contributed by atoms with Crippen LogP contribution in [0.3, 0.4) is 0 Å². The van der Waals surface area contributed by atoms with Gasteiger partial charge in [-0.05, 0) is 8.07 Å². The first-order valence-corrected chi connectivity index (χ1v) is 8.20. The first-order valence-electron chi connectivity index (χ1n) is 4.62. The zero-order chi connectivity index (χ0) is 8.32. The molecule has 0 spiro atoms. The van der Waals surface area contributed by atoms with Crippen molar-refractivity contribution in [3.63, 3.8) is 0 Å². The van der Waals surface area contributed by atoms with E-state index in [4.69, 9.17) is 0 Å². The van der Waals surface area contributed by atoms with Crippen LogP contribution in [0.5, 0.6) is 0 Å². The fourth-order valence-electron chi connectivity index (χ4n) is 1.36. The molecule has 0 aromatic heterocycles. The fourth-order valence-corrected chi connectivity index (χ4v) is 2.10. The minimum absolute atomic E-state index is 0. The van der Waals surface area contributed by atoms with Crippen LogP contribution in [0.15, 0.2) is 11.8 Å². The summed E-state index contributed by atoms with van der Waals surface area (Å²) >= 11 is 0. The Hall–Kier alpha value is 0.424. The van der Waals surface area contributed by atoms with Crippen molar-refractivity contribution in [3.05, 3.63) is 17.7 Å². The van der Waals surface area contributed by atoms with Gasteiger partial charge >= 0.3 is 18.9 Å². The Morgan fingerprint density at radius 2 is 1.58 bits per heavy atom. The van der Waals surface area contributed by atoms with Crippen molar-refractivity contribution in [1.29, 1.82) is 0 Å². The Balaban J connectivity index is 0.00000121. The molecule has 0 saturated heterocycles. The van der Waals surface area contributed by atoms with Crippen LogP contribution in [-0.2, 0) is 0 Å². The minimum Gasteiger partial charge on any atom is -0.233 e. The van der Waals surface area contributed by atoms with E-state index in [1.54, 1.807) is 5.92 Å².